The summed E-state index contributed by atoms with van der Waals surface area (Å²) in [7, 11) is -2.33. The fourth-order valence-electron chi connectivity index (χ4n) is 1.85. The third kappa shape index (κ3) is 2.90. The fraction of sp³-hybridized carbons (Fsp3) is 0.143. The molecular formula is C14H13N5O3S. The van der Waals surface area contributed by atoms with Crippen LogP contribution in [-0.4, -0.2) is 39.7 Å². The molecule has 0 atom stereocenters. The SMILES string of the molecule is COc1cncc(-c2ncn(S(=O)(=O)c3ccc(C)cc3)n2)n1. The number of ether oxygens (including phenoxy) is 1. The normalized spacial score (nSPS) is 11.4. The second-order valence-corrected chi connectivity index (χ2v) is 6.50. The van der Waals surface area contributed by atoms with Crippen LogP contribution in [0.3, 0.4) is 0 Å². The molecule has 0 bridgehead atoms. The van der Waals surface area contributed by atoms with Gasteiger partial charge in [0, 0.05) is 0 Å². The number of hydrogen-bond donors (Lipinski definition) is 0. The molecule has 1 aromatic carbocycles. The minimum absolute atomic E-state index is 0.135. The number of aromatic nitrogens is 5. The van der Waals surface area contributed by atoms with Crippen LogP contribution in [0.1, 0.15) is 5.56 Å². The van der Waals surface area contributed by atoms with Crippen molar-refractivity contribution in [3.63, 3.8) is 0 Å². The summed E-state index contributed by atoms with van der Waals surface area (Å²) in [4.78, 5) is 12.2. The molecule has 0 radical (unpaired) electrons. The molecule has 0 N–H and O–H groups in total. The first-order valence-corrected chi connectivity index (χ1v) is 8.05. The molecule has 0 spiro atoms. The summed E-state index contributed by atoms with van der Waals surface area (Å²) in [5, 5.41) is 3.99. The van der Waals surface area contributed by atoms with Gasteiger partial charge in [-0.25, -0.2) is 9.97 Å². The van der Waals surface area contributed by atoms with Crippen molar-refractivity contribution in [2.75, 3.05) is 7.11 Å². The molecule has 3 aromatic rings. The van der Waals surface area contributed by atoms with Crippen LogP contribution in [0.15, 0.2) is 47.9 Å². The number of rotatable bonds is 4. The number of hydrogen-bond acceptors (Lipinski definition) is 7. The predicted octanol–water partition coefficient (Wildman–Crippen LogP) is 1.29. The van der Waals surface area contributed by atoms with Crippen molar-refractivity contribution >= 4 is 10.0 Å². The number of aryl methyl sites for hydroxylation is 1. The van der Waals surface area contributed by atoms with E-state index in [9.17, 15) is 8.42 Å². The quantitative estimate of drug-likeness (QED) is 0.710. The Hall–Kier alpha value is -2.81. The number of nitrogens with zero attached hydrogens (tertiary/aromatic N) is 5. The van der Waals surface area contributed by atoms with Gasteiger partial charge in [0.05, 0.1) is 24.4 Å². The zero-order valence-corrected chi connectivity index (χ0v) is 13.2. The number of benzene rings is 1. The van der Waals surface area contributed by atoms with E-state index in [1.165, 1.54) is 31.6 Å². The molecule has 0 saturated carbocycles. The van der Waals surface area contributed by atoms with E-state index in [2.05, 4.69) is 20.1 Å². The summed E-state index contributed by atoms with van der Waals surface area (Å²) >= 11 is 0. The van der Waals surface area contributed by atoms with Crippen LogP contribution in [0.5, 0.6) is 5.88 Å². The molecule has 23 heavy (non-hydrogen) atoms. The van der Waals surface area contributed by atoms with Crippen LogP contribution in [0.2, 0.25) is 0 Å². The minimum Gasteiger partial charge on any atom is -0.480 e. The maximum Gasteiger partial charge on any atom is 0.284 e. The van der Waals surface area contributed by atoms with Crippen molar-refractivity contribution in [3.05, 3.63) is 48.5 Å². The molecule has 2 heterocycles. The molecule has 2 aromatic heterocycles. The molecule has 0 aliphatic carbocycles. The van der Waals surface area contributed by atoms with Crippen LogP contribution in [0.25, 0.3) is 11.5 Å². The van der Waals surface area contributed by atoms with Crippen molar-refractivity contribution in [2.24, 2.45) is 0 Å². The van der Waals surface area contributed by atoms with Crippen molar-refractivity contribution < 1.29 is 13.2 Å². The average molecular weight is 331 g/mol. The lowest BCUT2D eigenvalue weighted by molar-refractivity contribution is 0.396. The first-order valence-electron chi connectivity index (χ1n) is 6.61. The fourth-order valence-corrected chi connectivity index (χ4v) is 2.91. The van der Waals surface area contributed by atoms with Crippen molar-refractivity contribution in [1.29, 1.82) is 0 Å². The van der Waals surface area contributed by atoms with Crippen LogP contribution in [-0.2, 0) is 10.0 Å². The van der Waals surface area contributed by atoms with E-state index in [-0.39, 0.29) is 10.7 Å². The topological polar surface area (TPSA) is 99.9 Å². The molecule has 0 amide bonds. The van der Waals surface area contributed by atoms with Crippen LogP contribution in [0.4, 0.5) is 0 Å². The highest BCUT2D eigenvalue weighted by Gasteiger charge is 2.19. The average Bonchev–Trinajstić information content (AvgIpc) is 3.06. The molecule has 3 rings (SSSR count). The van der Waals surface area contributed by atoms with Gasteiger partial charge >= 0.3 is 0 Å². The smallest absolute Gasteiger partial charge is 0.284 e. The van der Waals surface area contributed by atoms with Gasteiger partial charge in [0.15, 0.2) is 0 Å². The van der Waals surface area contributed by atoms with Crippen molar-refractivity contribution in [2.45, 2.75) is 11.8 Å². The Labute approximate surface area is 132 Å². The molecule has 0 aliphatic heterocycles. The van der Waals surface area contributed by atoms with Gasteiger partial charge in [0.1, 0.15) is 12.0 Å². The molecule has 9 heteroatoms. The third-order valence-corrected chi connectivity index (χ3v) is 4.62. The monoisotopic (exact) mass is 331 g/mol. The summed E-state index contributed by atoms with van der Waals surface area (Å²) in [6.07, 6.45) is 4.00. The molecular weight excluding hydrogens is 318 g/mol. The highest BCUT2D eigenvalue weighted by atomic mass is 32.2. The van der Waals surface area contributed by atoms with E-state index in [0.29, 0.717) is 11.6 Å². The second-order valence-electron chi connectivity index (χ2n) is 4.71. The third-order valence-electron chi connectivity index (χ3n) is 3.09. The van der Waals surface area contributed by atoms with Gasteiger partial charge in [-0.2, -0.15) is 8.42 Å². The van der Waals surface area contributed by atoms with Crippen LogP contribution < -0.4 is 4.74 Å². The summed E-state index contributed by atoms with van der Waals surface area (Å²) in [6, 6.07) is 6.49. The highest BCUT2D eigenvalue weighted by Crippen LogP contribution is 2.17. The number of methoxy groups -OCH3 is 1. The lowest BCUT2D eigenvalue weighted by Gasteiger charge is -2.03. The first-order chi connectivity index (χ1) is 11.0. The van der Waals surface area contributed by atoms with Crippen LogP contribution >= 0.6 is 0 Å². The van der Waals surface area contributed by atoms with E-state index in [4.69, 9.17) is 4.74 Å². The summed E-state index contributed by atoms with van der Waals surface area (Å²) in [6.45, 7) is 1.88. The Balaban J connectivity index is 1.99. The van der Waals surface area contributed by atoms with Gasteiger partial charge in [-0.3, -0.25) is 4.98 Å². The Morgan fingerprint density at radius 1 is 1.13 bits per heavy atom. The first kappa shape index (κ1) is 15.1. The Bertz CT molecular complexity index is 935. The Morgan fingerprint density at radius 2 is 1.87 bits per heavy atom. The van der Waals surface area contributed by atoms with E-state index >= 15 is 0 Å². The van der Waals surface area contributed by atoms with Gasteiger partial charge in [-0.1, -0.05) is 17.7 Å². The Kier molecular flexibility index (Phi) is 3.78. The standard InChI is InChI=1S/C14H13N5O3S/c1-10-3-5-11(6-4-10)23(20,21)19-9-16-14(18-19)12-7-15-8-13(17-12)22-2/h3-9H,1-2H3. The van der Waals surface area contributed by atoms with Gasteiger partial charge in [0.25, 0.3) is 10.0 Å². The predicted molar refractivity (Wildman–Crippen MR) is 81.4 cm³/mol. The van der Waals surface area contributed by atoms with Gasteiger partial charge in [0.2, 0.25) is 11.7 Å². The highest BCUT2D eigenvalue weighted by molar-refractivity contribution is 7.89. The van der Waals surface area contributed by atoms with Crippen molar-refractivity contribution in [3.8, 4) is 17.4 Å². The van der Waals surface area contributed by atoms with E-state index in [0.717, 1.165) is 16.0 Å². The zero-order valence-electron chi connectivity index (χ0n) is 12.4. The zero-order chi connectivity index (χ0) is 16.4. The lowest BCUT2D eigenvalue weighted by atomic mass is 10.2. The van der Waals surface area contributed by atoms with Crippen LogP contribution in [0, 0.1) is 6.92 Å². The molecule has 0 fully saturated rings. The minimum atomic E-state index is -3.79. The molecule has 0 aliphatic rings. The maximum atomic E-state index is 12.5. The van der Waals surface area contributed by atoms with Crippen molar-refractivity contribution in [1.82, 2.24) is 24.1 Å². The van der Waals surface area contributed by atoms with Gasteiger partial charge in [-0.05, 0) is 19.1 Å². The molecule has 118 valence electrons. The largest absolute Gasteiger partial charge is 0.480 e. The lowest BCUT2D eigenvalue weighted by Crippen LogP contribution is -2.13. The molecule has 8 nitrogen and oxygen atoms in total. The van der Waals surface area contributed by atoms with E-state index in [1.54, 1.807) is 12.1 Å². The second kappa shape index (κ2) is 5.76. The summed E-state index contributed by atoms with van der Waals surface area (Å²) in [5.74, 6) is 0.437. The van der Waals surface area contributed by atoms with Gasteiger partial charge < -0.3 is 4.74 Å². The maximum absolute atomic E-state index is 12.5. The summed E-state index contributed by atoms with van der Waals surface area (Å²) < 4.78 is 30.8. The van der Waals surface area contributed by atoms with E-state index < -0.39 is 10.0 Å². The summed E-state index contributed by atoms with van der Waals surface area (Å²) in [5.41, 5.74) is 1.29. The Morgan fingerprint density at radius 3 is 2.57 bits per heavy atom. The van der Waals surface area contributed by atoms with E-state index in [1.807, 2.05) is 6.92 Å². The van der Waals surface area contributed by atoms with Gasteiger partial charge in [-0.15, -0.1) is 9.19 Å². The molecule has 0 unspecified atom stereocenters. The molecule has 0 saturated heterocycles.